The molecule has 0 saturated carbocycles. The highest BCUT2D eigenvalue weighted by molar-refractivity contribution is 6.46. The maximum atomic E-state index is 13.3. The number of aliphatic hydroxyl groups excluding tert-OH is 1. The van der Waals surface area contributed by atoms with E-state index in [2.05, 4.69) is 0 Å². The highest BCUT2D eigenvalue weighted by Crippen LogP contribution is 2.43. The molecule has 0 spiro atoms. The molecule has 7 nitrogen and oxygen atoms in total. The Morgan fingerprint density at radius 2 is 1.47 bits per heavy atom. The zero-order valence-corrected chi connectivity index (χ0v) is 19.1. The van der Waals surface area contributed by atoms with Gasteiger partial charge in [-0.15, -0.1) is 0 Å². The van der Waals surface area contributed by atoms with E-state index < -0.39 is 17.7 Å². The van der Waals surface area contributed by atoms with Crippen LogP contribution in [0.4, 0.5) is 0 Å². The van der Waals surface area contributed by atoms with Gasteiger partial charge < -0.3 is 24.2 Å². The number of aliphatic hydroxyl groups is 1. The van der Waals surface area contributed by atoms with Crippen LogP contribution in [0.1, 0.15) is 22.7 Å². The van der Waals surface area contributed by atoms with E-state index >= 15 is 0 Å². The molecule has 0 aromatic heterocycles. The Labute approximate surface area is 197 Å². The first-order chi connectivity index (χ1) is 16.5. The molecule has 7 heteroatoms. The molecule has 0 aliphatic carbocycles. The van der Waals surface area contributed by atoms with Gasteiger partial charge in [0.25, 0.3) is 11.7 Å². The van der Waals surface area contributed by atoms with Crippen LogP contribution in [0.15, 0.2) is 78.4 Å². The smallest absolute Gasteiger partial charge is 0.295 e. The van der Waals surface area contributed by atoms with Crippen LogP contribution in [-0.4, -0.2) is 43.0 Å². The van der Waals surface area contributed by atoms with E-state index in [1.165, 1.54) is 19.1 Å². The van der Waals surface area contributed by atoms with Crippen LogP contribution in [0.3, 0.4) is 0 Å². The molecule has 0 bridgehead atoms. The lowest BCUT2D eigenvalue weighted by molar-refractivity contribution is -0.140. The molecule has 1 aliphatic rings. The quantitative estimate of drug-likeness (QED) is 0.322. The van der Waals surface area contributed by atoms with E-state index in [1.807, 2.05) is 24.3 Å². The molecule has 1 aliphatic heterocycles. The van der Waals surface area contributed by atoms with Crippen LogP contribution < -0.4 is 14.2 Å². The number of hydrogen-bond acceptors (Lipinski definition) is 6. The zero-order valence-electron chi connectivity index (χ0n) is 19.1. The Morgan fingerprint density at radius 1 is 0.824 bits per heavy atom. The van der Waals surface area contributed by atoms with E-state index in [1.54, 1.807) is 55.6 Å². The maximum Gasteiger partial charge on any atom is 0.295 e. The predicted molar refractivity (Wildman–Crippen MR) is 127 cm³/mol. The van der Waals surface area contributed by atoms with Gasteiger partial charge in [0, 0.05) is 11.1 Å². The molecule has 1 N–H and O–H groups in total. The Morgan fingerprint density at radius 3 is 2.15 bits per heavy atom. The molecule has 174 valence electrons. The topological polar surface area (TPSA) is 85.3 Å². The average Bonchev–Trinajstić information content (AvgIpc) is 3.13. The standard InChI is InChI=1S/C27H25NO6/c1-32-20-12-8-7-11-19(20)16-28-24(18-13-14-21(33-2)22(15-18)34-3)23(26(30)27(28)31)25(29)17-9-5-4-6-10-17/h4-15,24,29H,16H2,1-3H3/b25-23-. The molecule has 34 heavy (non-hydrogen) atoms. The predicted octanol–water partition coefficient (Wildman–Crippen LogP) is 4.33. The summed E-state index contributed by atoms with van der Waals surface area (Å²) in [4.78, 5) is 27.9. The van der Waals surface area contributed by atoms with Crippen molar-refractivity contribution in [2.24, 2.45) is 0 Å². The SMILES string of the molecule is COc1ccccc1CN1C(=O)C(=O)/C(=C(\O)c2ccccc2)C1c1ccc(OC)c(OC)c1. The van der Waals surface area contributed by atoms with Gasteiger partial charge in [-0.1, -0.05) is 54.6 Å². The van der Waals surface area contributed by atoms with Crippen molar-refractivity contribution in [1.82, 2.24) is 4.90 Å². The van der Waals surface area contributed by atoms with E-state index in [0.717, 1.165) is 5.56 Å². The summed E-state index contributed by atoms with van der Waals surface area (Å²) in [6.45, 7) is 0.110. The molecule has 3 aromatic carbocycles. The number of rotatable bonds is 7. The highest BCUT2D eigenvalue weighted by atomic mass is 16.5. The minimum absolute atomic E-state index is 0.0123. The van der Waals surface area contributed by atoms with E-state index in [4.69, 9.17) is 14.2 Å². The third-order valence-electron chi connectivity index (χ3n) is 5.84. The number of benzene rings is 3. The van der Waals surface area contributed by atoms with Crippen LogP contribution in [0.5, 0.6) is 17.2 Å². The highest BCUT2D eigenvalue weighted by Gasteiger charge is 2.46. The van der Waals surface area contributed by atoms with Gasteiger partial charge in [0.05, 0.1) is 39.5 Å². The Balaban J connectivity index is 1.90. The van der Waals surface area contributed by atoms with Gasteiger partial charge in [-0.25, -0.2) is 0 Å². The summed E-state index contributed by atoms with van der Waals surface area (Å²) < 4.78 is 16.2. The summed E-state index contributed by atoms with van der Waals surface area (Å²) in [6.07, 6.45) is 0. The molecule has 3 aromatic rings. The van der Waals surface area contributed by atoms with Gasteiger partial charge in [0.2, 0.25) is 0 Å². The van der Waals surface area contributed by atoms with Crippen molar-refractivity contribution >= 4 is 17.4 Å². The number of nitrogens with zero attached hydrogens (tertiary/aromatic N) is 1. The lowest BCUT2D eigenvalue weighted by atomic mass is 9.94. The molecule has 1 heterocycles. The fraction of sp³-hybridized carbons (Fsp3) is 0.185. The van der Waals surface area contributed by atoms with Crippen LogP contribution in [0, 0.1) is 0 Å². The molecule has 0 radical (unpaired) electrons. The Bertz CT molecular complexity index is 1250. The Hall–Kier alpha value is -4.26. The van der Waals surface area contributed by atoms with Crippen LogP contribution in [0.2, 0.25) is 0 Å². The summed E-state index contributed by atoms with van der Waals surface area (Å²) in [5.41, 5.74) is 1.79. The average molecular weight is 459 g/mol. The fourth-order valence-electron chi connectivity index (χ4n) is 4.18. The second-order valence-corrected chi connectivity index (χ2v) is 7.72. The molecule has 1 fully saturated rings. The van der Waals surface area contributed by atoms with Crippen molar-refractivity contribution < 1.29 is 28.9 Å². The van der Waals surface area contributed by atoms with Crippen molar-refractivity contribution in [2.45, 2.75) is 12.6 Å². The van der Waals surface area contributed by atoms with Crippen molar-refractivity contribution in [3.8, 4) is 17.2 Å². The van der Waals surface area contributed by atoms with E-state index in [9.17, 15) is 14.7 Å². The second kappa shape index (κ2) is 9.70. The minimum Gasteiger partial charge on any atom is -0.507 e. The molecule has 1 unspecified atom stereocenters. The first-order valence-corrected chi connectivity index (χ1v) is 10.7. The summed E-state index contributed by atoms with van der Waals surface area (Å²) in [6, 6.07) is 20.3. The molecule has 1 amide bonds. The minimum atomic E-state index is -0.843. The van der Waals surface area contributed by atoms with E-state index in [0.29, 0.717) is 28.4 Å². The van der Waals surface area contributed by atoms with Crippen molar-refractivity contribution in [1.29, 1.82) is 0 Å². The summed E-state index contributed by atoms with van der Waals surface area (Å²) >= 11 is 0. The van der Waals surface area contributed by atoms with E-state index in [-0.39, 0.29) is 17.9 Å². The van der Waals surface area contributed by atoms with Gasteiger partial charge in [-0.3, -0.25) is 9.59 Å². The first-order valence-electron chi connectivity index (χ1n) is 10.7. The number of amides is 1. The number of hydrogen-bond donors (Lipinski definition) is 1. The lowest BCUT2D eigenvalue weighted by Gasteiger charge is -2.26. The summed E-state index contributed by atoms with van der Waals surface area (Å²) in [5.74, 6) is -0.141. The molecule has 1 atom stereocenters. The fourth-order valence-corrected chi connectivity index (χ4v) is 4.18. The molecule has 4 rings (SSSR count). The molecular weight excluding hydrogens is 434 g/mol. The second-order valence-electron chi connectivity index (χ2n) is 7.72. The number of ether oxygens (including phenoxy) is 3. The van der Waals surface area contributed by atoms with Gasteiger partial charge in [0.1, 0.15) is 11.5 Å². The van der Waals surface area contributed by atoms with Crippen LogP contribution >= 0.6 is 0 Å². The number of ketones is 1. The van der Waals surface area contributed by atoms with Gasteiger partial charge >= 0.3 is 0 Å². The summed E-state index contributed by atoms with van der Waals surface area (Å²) in [7, 11) is 4.59. The lowest BCUT2D eigenvalue weighted by Crippen LogP contribution is -2.29. The zero-order chi connectivity index (χ0) is 24.2. The number of carbonyl (C=O) groups is 2. The number of likely N-dealkylation sites (tertiary alicyclic amines) is 1. The van der Waals surface area contributed by atoms with Crippen LogP contribution in [0.25, 0.3) is 5.76 Å². The number of para-hydroxylation sites is 1. The molecular formula is C27H25NO6. The van der Waals surface area contributed by atoms with Gasteiger partial charge in [-0.2, -0.15) is 0 Å². The third-order valence-corrected chi connectivity index (χ3v) is 5.84. The largest absolute Gasteiger partial charge is 0.507 e. The van der Waals surface area contributed by atoms with Gasteiger partial charge in [0.15, 0.2) is 11.5 Å². The van der Waals surface area contributed by atoms with Crippen molar-refractivity contribution in [2.75, 3.05) is 21.3 Å². The number of carbonyl (C=O) groups excluding carboxylic acids is 2. The van der Waals surface area contributed by atoms with Gasteiger partial charge in [-0.05, 0) is 23.8 Å². The third kappa shape index (κ3) is 4.08. The number of Topliss-reactive ketones (excluding diaryl/α,β-unsaturated/α-hetero) is 1. The first kappa shape index (κ1) is 22.9. The molecule has 1 saturated heterocycles. The van der Waals surface area contributed by atoms with Crippen molar-refractivity contribution in [3.05, 3.63) is 95.1 Å². The van der Waals surface area contributed by atoms with Crippen molar-refractivity contribution in [3.63, 3.8) is 0 Å². The normalized spacial score (nSPS) is 17.0. The summed E-state index contributed by atoms with van der Waals surface area (Å²) in [5, 5.41) is 11.2. The van der Waals surface area contributed by atoms with Crippen LogP contribution in [-0.2, 0) is 16.1 Å². The maximum absolute atomic E-state index is 13.3. The number of methoxy groups -OCH3 is 3. The Kier molecular flexibility index (Phi) is 6.54. The monoisotopic (exact) mass is 459 g/mol.